The van der Waals surface area contributed by atoms with Gasteiger partial charge >= 0.3 is 0 Å². The molecule has 4 aliphatic rings. The molecule has 2 nitrogen and oxygen atoms in total. The monoisotopic (exact) mass is 858 g/mol. The van der Waals surface area contributed by atoms with Gasteiger partial charge in [0.05, 0.1) is 11.1 Å². The highest BCUT2D eigenvalue weighted by atomic mass is 15.2. The first-order valence-electron chi connectivity index (χ1n) is 24.0. The Balaban J connectivity index is 1.05. The maximum absolute atomic E-state index is 4.52. The van der Waals surface area contributed by atoms with Gasteiger partial charge in [-0.05, 0) is 142 Å². The Hall–Kier alpha value is -6.58. The number of fused-ring (bicyclic) bond motifs is 5. The van der Waals surface area contributed by atoms with Crippen LogP contribution in [-0.4, -0.2) is 7.28 Å². The van der Waals surface area contributed by atoms with E-state index in [1.807, 2.05) is 0 Å². The van der Waals surface area contributed by atoms with Crippen molar-refractivity contribution in [2.45, 2.75) is 97.3 Å². The standard InChI is InChI=1S/C63H62BN2/c1-10-62(8,9)55-40-49(33-35-52(55)61(5,6)7)65-43(4)30-34-51-45(38-44-20-15-16-23-50(44)51)39-46-36-42(3)37-58-59(46)64-56-26-19-25-54-60(56)66(58)57-27-18-17-24-53(57)63(54,47-21-13-11-12-14-22-47)48-31-28-41(2)29-32-48/h11-13,15-37,40,65H,4,10,14,38-39H2,1-3,5-9H3/b34-30-. The van der Waals surface area contributed by atoms with Crippen molar-refractivity contribution < 1.29 is 0 Å². The number of para-hydroxylation sites is 2. The zero-order valence-corrected chi connectivity index (χ0v) is 40.1. The molecule has 6 aromatic carbocycles. The summed E-state index contributed by atoms with van der Waals surface area (Å²) >= 11 is 0. The van der Waals surface area contributed by atoms with Gasteiger partial charge in [0.25, 0.3) is 0 Å². The Morgan fingerprint density at radius 1 is 0.788 bits per heavy atom. The van der Waals surface area contributed by atoms with E-state index in [-0.39, 0.29) is 10.8 Å². The van der Waals surface area contributed by atoms with Gasteiger partial charge in [-0.25, -0.2) is 0 Å². The average molecular weight is 858 g/mol. The van der Waals surface area contributed by atoms with E-state index in [0.29, 0.717) is 0 Å². The fourth-order valence-electron chi connectivity index (χ4n) is 11.2. The number of nitrogens with one attached hydrogen (secondary N) is 1. The minimum absolute atomic E-state index is 0.0599. The van der Waals surface area contributed by atoms with Crippen molar-refractivity contribution in [3.63, 3.8) is 0 Å². The van der Waals surface area contributed by atoms with Gasteiger partial charge in [0.1, 0.15) is 0 Å². The van der Waals surface area contributed by atoms with Gasteiger partial charge in [-0.1, -0.05) is 204 Å². The molecule has 0 saturated heterocycles. The highest BCUT2D eigenvalue weighted by molar-refractivity contribution is 6.72. The van der Waals surface area contributed by atoms with Crippen molar-refractivity contribution in [3.8, 4) is 0 Å². The molecule has 0 fully saturated rings. The van der Waals surface area contributed by atoms with E-state index in [0.717, 1.165) is 37.1 Å². The van der Waals surface area contributed by atoms with E-state index in [9.17, 15) is 0 Å². The molecule has 0 spiro atoms. The second-order valence-corrected chi connectivity index (χ2v) is 20.7. The van der Waals surface area contributed by atoms with Gasteiger partial charge in [-0.3, -0.25) is 0 Å². The third kappa shape index (κ3) is 7.38. The summed E-state index contributed by atoms with van der Waals surface area (Å²) in [6, 6.07) is 46.1. The molecule has 327 valence electrons. The molecule has 1 atom stereocenters. The van der Waals surface area contributed by atoms with Gasteiger partial charge in [0, 0.05) is 22.8 Å². The smallest absolute Gasteiger partial charge is 0.197 e. The first-order valence-corrected chi connectivity index (χ1v) is 24.0. The number of hydrogen-bond acceptors (Lipinski definition) is 2. The lowest BCUT2D eigenvalue weighted by Crippen LogP contribution is -2.48. The van der Waals surface area contributed by atoms with Gasteiger partial charge < -0.3 is 10.2 Å². The Labute approximate surface area is 395 Å². The van der Waals surface area contributed by atoms with Crippen molar-refractivity contribution in [2.75, 3.05) is 10.2 Å². The Morgan fingerprint density at radius 2 is 1.56 bits per heavy atom. The number of rotatable bonds is 10. The Kier molecular flexibility index (Phi) is 11.0. The predicted octanol–water partition coefficient (Wildman–Crippen LogP) is 14.6. The third-order valence-electron chi connectivity index (χ3n) is 14.8. The second kappa shape index (κ2) is 16.7. The zero-order chi connectivity index (χ0) is 46.0. The van der Waals surface area contributed by atoms with Crippen LogP contribution in [0.3, 0.4) is 0 Å². The molecule has 2 aliphatic carbocycles. The van der Waals surface area contributed by atoms with Crippen molar-refractivity contribution in [1.82, 2.24) is 0 Å². The summed E-state index contributed by atoms with van der Waals surface area (Å²) in [7, 11) is 2.48. The largest absolute Gasteiger partial charge is 0.356 e. The summed E-state index contributed by atoms with van der Waals surface area (Å²) in [4.78, 5) is 2.59. The molecule has 0 saturated carbocycles. The number of nitrogens with zero attached hydrogens (tertiary/aromatic N) is 1. The van der Waals surface area contributed by atoms with Crippen LogP contribution >= 0.6 is 0 Å². The van der Waals surface area contributed by atoms with Crippen molar-refractivity contribution in [3.05, 3.63) is 243 Å². The quantitative estimate of drug-likeness (QED) is 0.109. The Morgan fingerprint density at radius 3 is 2.36 bits per heavy atom. The van der Waals surface area contributed by atoms with Crippen LogP contribution in [0.15, 0.2) is 187 Å². The fourth-order valence-corrected chi connectivity index (χ4v) is 11.2. The summed E-state index contributed by atoms with van der Waals surface area (Å²) in [6.07, 6.45) is 19.7. The number of anilines is 4. The molecule has 2 heterocycles. The molecule has 1 N–H and O–H groups in total. The molecule has 1 radical (unpaired) electrons. The molecule has 6 aromatic rings. The zero-order valence-electron chi connectivity index (χ0n) is 40.1. The molecular formula is C63H62BN2. The van der Waals surface area contributed by atoms with Crippen LogP contribution in [-0.2, 0) is 29.1 Å². The number of hydrogen-bond donors (Lipinski definition) is 1. The van der Waals surface area contributed by atoms with Gasteiger partial charge in [0.15, 0.2) is 7.28 Å². The van der Waals surface area contributed by atoms with Crippen LogP contribution in [0.1, 0.15) is 110 Å². The van der Waals surface area contributed by atoms with Crippen LogP contribution in [0.5, 0.6) is 0 Å². The number of aryl methyl sites for hydroxylation is 2. The van der Waals surface area contributed by atoms with Gasteiger partial charge in [-0.15, -0.1) is 0 Å². The Bertz CT molecular complexity index is 3090. The summed E-state index contributed by atoms with van der Waals surface area (Å²) in [5.74, 6) is 0. The minimum Gasteiger partial charge on any atom is -0.356 e. The highest BCUT2D eigenvalue weighted by Gasteiger charge is 2.49. The minimum atomic E-state index is -0.503. The molecule has 0 amide bonds. The summed E-state index contributed by atoms with van der Waals surface area (Å²) in [5.41, 5.74) is 25.2. The first kappa shape index (κ1) is 43.3. The second-order valence-electron chi connectivity index (χ2n) is 20.7. The van der Waals surface area contributed by atoms with Gasteiger partial charge in [0.2, 0.25) is 0 Å². The van der Waals surface area contributed by atoms with Crippen LogP contribution < -0.4 is 21.1 Å². The third-order valence-corrected chi connectivity index (χ3v) is 14.8. The fraction of sp³-hybridized carbons (Fsp3) is 0.238. The SMILES string of the molecule is C=C(/C=C\C1=C(Cc2cc(C)cc3c2[B]c2cccc4c2N3c2ccccc2C4(C2=CCC=CC=C2)c2ccc(C)cc2)Cc2ccccc21)Nc1ccc(C(C)(C)C)c(C(C)(C)CC)c1. The van der Waals surface area contributed by atoms with Crippen molar-refractivity contribution in [2.24, 2.45) is 0 Å². The van der Waals surface area contributed by atoms with Crippen LogP contribution in [0, 0.1) is 13.8 Å². The van der Waals surface area contributed by atoms with E-state index in [1.165, 1.54) is 100 Å². The highest BCUT2D eigenvalue weighted by Crippen LogP contribution is 2.58. The summed E-state index contributed by atoms with van der Waals surface area (Å²) < 4.78 is 0. The maximum atomic E-state index is 4.52. The maximum Gasteiger partial charge on any atom is 0.197 e. The molecular weight excluding hydrogens is 796 g/mol. The molecule has 1 unspecified atom stereocenters. The first-order chi connectivity index (χ1) is 31.8. The number of benzene rings is 6. The van der Waals surface area contributed by atoms with Crippen LogP contribution in [0.4, 0.5) is 22.7 Å². The lowest BCUT2D eigenvalue weighted by atomic mass is 9.54. The van der Waals surface area contributed by atoms with Gasteiger partial charge in [-0.2, -0.15) is 0 Å². The molecule has 10 rings (SSSR count). The predicted molar refractivity (Wildman–Crippen MR) is 284 cm³/mol. The van der Waals surface area contributed by atoms with Crippen LogP contribution in [0.25, 0.3) is 5.57 Å². The molecule has 0 aromatic heterocycles. The van der Waals surface area contributed by atoms with Crippen molar-refractivity contribution in [1.29, 1.82) is 0 Å². The van der Waals surface area contributed by atoms with E-state index < -0.39 is 5.41 Å². The molecule has 3 heteroatoms. The van der Waals surface area contributed by atoms with E-state index >= 15 is 0 Å². The number of allylic oxidation sites excluding steroid dienone is 10. The van der Waals surface area contributed by atoms with E-state index in [2.05, 4.69) is 243 Å². The van der Waals surface area contributed by atoms with Crippen LogP contribution in [0.2, 0.25) is 0 Å². The molecule has 0 bridgehead atoms. The summed E-state index contributed by atoms with van der Waals surface area (Å²) in [6.45, 7) is 22.9. The lowest BCUT2D eigenvalue weighted by molar-refractivity contribution is 0.480. The lowest BCUT2D eigenvalue weighted by Gasteiger charge is -2.49. The van der Waals surface area contributed by atoms with E-state index in [1.54, 1.807) is 0 Å². The normalized spacial score (nSPS) is 17.2. The van der Waals surface area contributed by atoms with Crippen molar-refractivity contribution >= 4 is 46.5 Å². The molecule has 2 aliphatic heterocycles. The topological polar surface area (TPSA) is 15.3 Å². The van der Waals surface area contributed by atoms with E-state index in [4.69, 9.17) is 0 Å². The summed E-state index contributed by atoms with van der Waals surface area (Å²) in [5, 5.41) is 3.67. The average Bonchev–Trinajstić information content (AvgIpc) is 3.42. The molecule has 66 heavy (non-hydrogen) atoms.